The zero-order chi connectivity index (χ0) is 22.4. The van der Waals surface area contributed by atoms with Crippen LogP contribution < -0.4 is 0 Å². The van der Waals surface area contributed by atoms with Gasteiger partial charge >= 0.3 is 0 Å². The smallest absolute Gasteiger partial charge is 0.182 e. The highest BCUT2D eigenvalue weighted by Crippen LogP contribution is 2.38. The Balaban J connectivity index is 1.62. The third kappa shape index (κ3) is 3.73. The molecule has 0 spiro atoms. The Bertz CT molecular complexity index is 1320. The molecule has 1 aliphatic heterocycles. The summed E-state index contributed by atoms with van der Waals surface area (Å²) >= 11 is 0. The van der Waals surface area contributed by atoms with Gasteiger partial charge in [0.2, 0.25) is 0 Å². The van der Waals surface area contributed by atoms with E-state index < -0.39 is 11.6 Å². The Kier molecular flexibility index (Phi) is 5.13. The van der Waals surface area contributed by atoms with Crippen LogP contribution in [0.1, 0.15) is 47.6 Å². The van der Waals surface area contributed by atoms with Crippen molar-refractivity contribution in [3.63, 3.8) is 0 Å². The second-order valence-corrected chi connectivity index (χ2v) is 8.15. The highest BCUT2D eigenvalue weighted by Gasteiger charge is 2.29. The minimum atomic E-state index is -0.698. The Morgan fingerprint density at radius 1 is 1.06 bits per heavy atom. The van der Waals surface area contributed by atoms with Crippen LogP contribution in [-0.4, -0.2) is 36.3 Å². The fraction of sp³-hybridized carbons (Fsp3) is 0.348. The molecule has 0 aliphatic carbocycles. The first-order valence-electron chi connectivity index (χ1n) is 10.5. The standard InChI is InChI=1S/C23H22F2N6O/c1-12-13(2)28-23-21(27-12)20(17-5-4-16(24)9-18(17)25)29-22(30-23)14-6-7-32-19(8-14)15-10-26-31(3)11-15/h4-5,9-11,14,19H,6-8H2,1-3H3. The van der Waals surface area contributed by atoms with Crippen LogP contribution in [0.25, 0.3) is 22.4 Å². The van der Waals surface area contributed by atoms with Gasteiger partial charge in [0.1, 0.15) is 28.7 Å². The van der Waals surface area contributed by atoms with Gasteiger partial charge in [0, 0.05) is 43.0 Å². The van der Waals surface area contributed by atoms with Crippen molar-refractivity contribution < 1.29 is 13.5 Å². The topological polar surface area (TPSA) is 78.6 Å². The summed E-state index contributed by atoms with van der Waals surface area (Å²) < 4.78 is 36.0. The lowest BCUT2D eigenvalue weighted by atomic mass is 9.92. The van der Waals surface area contributed by atoms with Crippen molar-refractivity contribution in [3.05, 3.63) is 65.0 Å². The van der Waals surface area contributed by atoms with Crippen molar-refractivity contribution in [3.8, 4) is 11.3 Å². The molecule has 32 heavy (non-hydrogen) atoms. The highest BCUT2D eigenvalue weighted by molar-refractivity contribution is 5.87. The third-order valence-corrected chi connectivity index (χ3v) is 5.89. The molecule has 0 radical (unpaired) electrons. The molecule has 9 heteroatoms. The molecule has 0 saturated carbocycles. The lowest BCUT2D eigenvalue weighted by molar-refractivity contribution is 0.00398. The molecule has 4 heterocycles. The summed E-state index contributed by atoms with van der Waals surface area (Å²) in [6, 6.07) is 3.45. The molecule has 164 valence electrons. The number of hydrogen-bond donors (Lipinski definition) is 0. The van der Waals surface area contributed by atoms with Crippen LogP contribution in [0.5, 0.6) is 0 Å². The number of hydrogen-bond acceptors (Lipinski definition) is 6. The van der Waals surface area contributed by atoms with Crippen molar-refractivity contribution in [2.45, 2.75) is 38.7 Å². The molecule has 1 saturated heterocycles. The summed E-state index contributed by atoms with van der Waals surface area (Å²) in [4.78, 5) is 18.6. The molecule has 2 unspecified atom stereocenters. The molecule has 0 N–H and O–H groups in total. The van der Waals surface area contributed by atoms with E-state index in [0.717, 1.165) is 23.7 Å². The lowest BCUT2D eigenvalue weighted by Gasteiger charge is -2.28. The maximum absolute atomic E-state index is 14.7. The van der Waals surface area contributed by atoms with Crippen LogP contribution >= 0.6 is 0 Å². The summed E-state index contributed by atoms with van der Waals surface area (Å²) in [5, 5.41) is 4.23. The third-order valence-electron chi connectivity index (χ3n) is 5.89. The van der Waals surface area contributed by atoms with E-state index in [1.54, 1.807) is 10.9 Å². The van der Waals surface area contributed by atoms with E-state index in [0.29, 0.717) is 41.4 Å². The van der Waals surface area contributed by atoms with Crippen molar-refractivity contribution in [1.82, 2.24) is 29.7 Å². The van der Waals surface area contributed by atoms with Crippen LogP contribution in [0.2, 0.25) is 0 Å². The van der Waals surface area contributed by atoms with Crippen molar-refractivity contribution in [2.75, 3.05) is 6.61 Å². The predicted molar refractivity (Wildman–Crippen MR) is 114 cm³/mol. The van der Waals surface area contributed by atoms with Crippen molar-refractivity contribution in [1.29, 1.82) is 0 Å². The molecule has 2 atom stereocenters. The molecule has 7 nitrogen and oxygen atoms in total. The SMILES string of the molecule is Cc1nc2nc(C3CCOC(c4cnn(C)c4)C3)nc(-c3ccc(F)cc3F)c2nc1C. The number of halogens is 2. The van der Waals surface area contributed by atoms with E-state index in [1.807, 2.05) is 27.1 Å². The number of aryl methyl sites for hydroxylation is 3. The van der Waals surface area contributed by atoms with Crippen molar-refractivity contribution in [2.24, 2.45) is 7.05 Å². The quantitative estimate of drug-likeness (QED) is 0.475. The first kappa shape index (κ1) is 20.6. The molecular weight excluding hydrogens is 414 g/mol. The molecule has 1 aromatic carbocycles. The zero-order valence-electron chi connectivity index (χ0n) is 18.0. The van der Waals surface area contributed by atoms with Crippen molar-refractivity contribution >= 4 is 11.2 Å². The van der Waals surface area contributed by atoms with Crippen LogP contribution in [0.4, 0.5) is 8.78 Å². The van der Waals surface area contributed by atoms with Gasteiger partial charge in [0.15, 0.2) is 5.65 Å². The van der Waals surface area contributed by atoms with Crippen LogP contribution in [0, 0.1) is 25.5 Å². The summed E-state index contributed by atoms with van der Waals surface area (Å²) in [6.45, 7) is 4.23. The van der Waals surface area contributed by atoms with Crippen LogP contribution in [0.3, 0.4) is 0 Å². The number of fused-ring (bicyclic) bond motifs is 1. The molecule has 0 amide bonds. The monoisotopic (exact) mass is 436 g/mol. The minimum absolute atomic E-state index is 0.0102. The first-order chi connectivity index (χ1) is 15.4. The minimum Gasteiger partial charge on any atom is -0.373 e. The number of aromatic nitrogens is 6. The number of nitrogens with zero attached hydrogens (tertiary/aromatic N) is 6. The van der Waals surface area contributed by atoms with E-state index >= 15 is 0 Å². The fourth-order valence-electron chi connectivity index (χ4n) is 4.05. The Labute approximate surface area is 183 Å². The average Bonchev–Trinajstić information content (AvgIpc) is 3.21. The van der Waals surface area contributed by atoms with E-state index in [-0.39, 0.29) is 17.6 Å². The van der Waals surface area contributed by atoms with E-state index in [4.69, 9.17) is 14.7 Å². The van der Waals surface area contributed by atoms with Gasteiger partial charge in [-0.05, 0) is 38.8 Å². The van der Waals surface area contributed by atoms with Gasteiger partial charge in [-0.1, -0.05) is 0 Å². The maximum atomic E-state index is 14.7. The summed E-state index contributed by atoms with van der Waals surface area (Å²) in [7, 11) is 1.86. The normalized spacial score (nSPS) is 18.9. The largest absolute Gasteiger partial charge is 0.373 e. The lowest BCUT2D eigenvalue weighted by Crippen LogP contribution is -2.20. The predicted octanol–water partition coefficient (Wildman–Crippen LogP) is 4.35. The van der Waals surface area contributed by atoms with E-state index in [1.165, 1.54) is 12.1 Å². The molecule has 0 bridgehead atoms. The Morgan fingerprint density at radius 3 is 2.62 bits per heavy atom. The second kappa shape index (κ2) is 7.98. The van der Waals surface area contributed by atoms with Crippen LogP contribution in [-0.2, 0) is 11.8 Å². The van der Waals surface area contributed by atoms with Gasteiger partial charge < -0.3 is 4.74 Å². The van der Waals surface area contributed by atoms with Gasteiger partial charge in [-0.3, -0.25) is 4.68 Å². The Morgan fingerprint density at radius 2 is 1.88 bits per heavy atom. The number of benzene rings is 1. The maximum Gasteiger partial charge on any atom is 0.182 e. The highest BCUT2D eigenvalue weighted by atomic mass is 19.1. The fourth-order valence-corrected chi connectivity index (χ4v) is 4.05. The van der Waals surface area contributed by atoms with Gasteiger partial charge in [-0.25, -0.2) is 28.7 Å². The van der Waals surface area contributed by atoms with E-state index in [9.17, 15) is 8.78 Å². The average molecular weight is 436 g/mol. The molecule has 3 aromatic heterocycles. The van der Waals surface area contributed by atoms with Gasteiger partial charge in [-0.2, -0.15) is 5.10 Å². The number of rotatable bonds is 3. The molecule has 4 aromatic rings. The summed E-state index contributed by atoms with van der Waals surface area (Å²) in [5.74, 6) is -0.794. The summed E-state index contributed by atoms with van der Waals surface area (Å²) in [5.41, 5.74) is 3.75. The molecular formula is C23H22F2N6O. The first-order valence-corrected chi connectivity index (χ1v) is 10.5. The van der Waals surface area contributed by atoms with E-state index in [2.05, 4.69) is 15.1 Å². The van der Waals surface area contributed by atoms with Gasteiger partial charge in [0.25, 0.3) is 0 Å². The molecule has 1 aliphatic rings. The molecule has 5 rings (SSSR count). The van der Waals surface area contributed by atoms with Gasteiger partial charge in [-0.15, -0.1) is 0 Å². The second-order valence-electron chi connectivity index (χ2n) is 8.15. The Hall–Kier alpha value is -3.33. The number of ether oxygens (including phenoxy) is 1. The van der Waals surface area contributed by atoms with Crippen LogP contribution in [0.15, 0.2) is 30.6 Å². The summed E-state index contributed by atoms with van der Waals surface area (Å²) in [6.07, 6.45) is 5.00. The molecule has 1 fully saturated rings. The van der Waals surface area contributed by atoms with Gasteiger partial charge in [0.05, 0.1) is 23.7 Å². The zero-order valence-corrected chi connectivity index (χ0v) is 18.0.